The highest BCUT2D eigenvalue weighted by atomic mass is 28.4. The topological polar surface area (TPSA) is 150 Å². The number of aliphatic carboxylic acids is 1. The second kappa shape index (κ2) is 31.1. The normalized spacial score (nSPS) is 14.1. The van der Waals surface area contributed by atoms with Crippen LogP contribution in [-0.2, 0) is 39.1 Å². The second-order valence-corrected chi connectivity index (χ2v) is 28.5. The van der Waals surface area contributed by atoms with Crippen molar-refractivity contribution in [2.45, 2.75) is 199 Å². The fraction of sp³-hybridized carbons (Fsp3) is 0.545. The number of hydrogen-bond acceptors (Lipinski definition) is 10. The minimum atomic E-state index is -5.95. The largest absolute Gasteiger partial charge is 0.491 e. The van der Waals surface area contributed by atoms with Gasteiger partial charge in [-0.3, -0.25) is 9.59 Å². The fourth-order valence-corrected chi connectivity index (χ4v) is 11.6. The van der Waals surface area contributed by atoms with Crippen LogP contribution in [0, 0.1) is 27.7 Å². The number of rotatable bonds is 28. The number of carboxylic acid groups (broad SMARTS) is 1. The molecule has 0 aliphatic rings. The lowest BCUT2D eigenvalue weighted by molar-refractivity contribution is -0.372. The molecule has 0 radical (unpaired) electrons. The number of ether oxygens (including phenoxy) is 5. The summed E-state index contributed by atoms with van der Waals surface area (Å²) in [4.78, 5) is 23.1. The third-order valence-electron chi connectivity index (χ3n) is 16.9. The van der Waals surface area contributed by atoms with Crippen molar-refractivity contribution in [2.75, 3.05) is 33.7 Å². The molecule has 0 amide bonds. The quantitative estimate of drug-likeness (QED) is 0.0216. The van der Waals surface area contributed by atoms with E-state index in [1.54, 1.807) is 58.0 Å². The Bertz CT molecular complexity index is 3030. The number of aryl methyl sites for hydroxylation is 4. The van der Waals surface area contributed by atoms with E-state index in [2.05, 4.69) is 43.3 Å². The molecule has 0 saturated carbocycles. The number of benzene rings is 4. The van der Waals surface area contributed by atoms with Crippen LogP contribution in [0.25, 0.3) is 12.2 Å². The van der Waals surface area contributed by atoms with E-state index >= 15 is 0 Å². The van der Waals surface area contributed by atoms with Gasteiger partial charge in [-0.05, 0) is 158 Å². The molecule has 4 aromatic rings. The second-order valence-electron chi connectivity index (χ2n) is 23.8. The van der Waals surface area contributed by atoms with Crippen LogP contribution in [-0.4, -0.2) is 117 Å². The number of aliphatic hydroxyl groups is 2. The molecule has 0 aliphatic heterocycles. The highest BCUT2D eigenvalue weighted by molar-refractivity contribution is 6.74. The molecular formula is C66H86F12O11Si. The molecule has 0 saturated heterocycles. The molecule has 11 nitrogen and oxygen atoms in total. The van der Waals surface area contributed by atoms with E-state index in [1.807, 2.05) is 65.0 Å². The van der Waals surface area contributed by atoms with Gasteiger partial charge in [0.1, 0.15) is 31.5 Å². The number of carbonyl (C=O) groups is 2. The fourth-order valence-electron chi connectivity index (χ4n) is 10.2. The number of halogens is 12. The van der Waals surface area contributed by atoms with Crippen LogP contribution in [0.1, 0.15) is 150 Å². The number of alkyl halides is 12. The first-order chi connectivity index (χ1) is 41.4. The molecule has 0 spiro atoms. The van der Waals surface area contributed by atoms with Crippen molar-refractivity contribution >= 4 is 32.4 Å². The van der Waals surface area contributed by atoms with Crippen molar-refractivity contribution in [1.29, 1.82) is 0 Å². The summed E-state index contributed by atoms with van der Waals surface area (Å²) in [6.45, 7) is 26.2. The van der Waals surface area contributed by atoms with Crippen LogP contribution in [0.2, 0.25) is 18.1 Å². The Hall–Kier alpha value is -5.92. The zero-order valence-electron chi connectivity index (χ0n) is 53.6. The Balaban J connectivity index is 0.000000487. The molecule has 4 aromatic carbocycles. The predicted molar refractivity (Wildman–Crippen MR) is 323 cm³/mol. The summed E-state index contributed by atoms with van der Waals surface area (Å²) in [6, 6.07) is 21.1. The average Bonchev–Trinajstić information content (AvgIpc) is 0.811. The molecule has 0 unspecified atom stereocenters. The van der Waals surface area contributed by atoms with Gasteiger partial charge in [0.25, 0.3) is 11.2 Å². The van der Waals surface area contributed by atoms with Crippen LogP contribution in [0.3, 0.4) is 0 Å². The van der Waals surface area contributed by atoms with Crippen molar-refractivity contribution in [3.05, 3.63) is 141 Å². The van der Waals surface area contributed by atoms with Gasteiger partial charge in [0, 0.05) is 17.9 Å². The number of methoxy groups -OCH3 is 1. The van der Waals surface area contributed by atoms with Gasteiger partial charge in [0.05, 0.1) is 31.7 Å². The van der Waals surface area contributed by atoms with E-state index in [-0.39, 0.29) is 60.5 Å². The lowest BCUT2D eigenvalue weighted by Crippen LogP contribution is -2.57. The van der Waals surface area contributed by atoms with Crippen LogP contribution < -0.4 is 9.47 Å². The van der Waals surface area contributed by atoms with Gasteiger partial charge in [0.2, 0.25) is 0 Å². The molecule has 0 bridgehead atoms. The summed E-state index contributed by atoms with van der Waals surface area (Å²) in [7, 11) is -1.30. The summed E-state index contributed by atoms with van der Waals surface area (Å²) in [6.07, 6.45) is -21.9. The maximum absolute atomic E-state index is 13.8. The minimum absolute atomic E-state index is 0.00235. The molecule has 3 N–H and O–H groups in total. The molecule has 504 valence electrons. The maximum Gasteiger partial charge on any atom is 0.430 e. The lowest BCUT2D eigenvalue weighted by atomic mass is 9.70. The number of carboxylic acids is 1. The highest BCUT2D eigenvalue weighted by Crippen LogP contribution is 2.49. The monoisotopic (exact) mass is 1310 g/mol. The van der Waals surface area contributed by atoms with Crippen LogP contribution >= 0.6 is 0 Å². The molecule has 0 fully saturated rings. The molecular weight excluding hydrogens is 1220 g/mol. The zero-order chi connectivity index (χ0) is 68.9. The number of esters is 1. The first-order valence-electron chi connectivity index (χ1n) is 29.3. The van der Waals surface area contributed by atoms with Crippen molar-refractivity contribution < 1.29 is 106 Å². The Morgan fingerprint density at radius 2 is 0.956 bits per heavy atom. The summed E-state index contributed by atoms with van der Waals surface area (Å²) in [5, 5.41) is 27.9. The molecule has 0 heterocycles. The Morgan fingerprint density at radius 1 is 0.567 bits per heavy atom. The third kappa shape index (κ3) is 18.7. The first-order valence-corrected chi connectivity index (χ1v) is 32.2. The lowest BCUT2D eigenvalue weighted by Gasteiger charge is -2.39. The summed E-state index contributed by atoms with van der Waals surface area (Å²) in [5.74, 6) is -0.425. The molecule has 24 heteroatoms. The van der Waals surface area contributed by atoms with Gasteiger partial charge in [-0.15, -0.1) is 0 Å². The third-order valence-corrected chi connectivity index (χ3v) is 21.4. The molecule has 4 rings (SSSR count). The summed E-state index contributed by atoms with van der Waals surface area (Å²) < 4.78 is 194. The van der Waals surface area contributed by atoms with Crippen LogP contribution in [0.15, 0.2) is 84.9 Å². The van der Waals surface area contributed by atoms with E-state index in [0.717, 1.165) is 46.6 Å². The smallest absolute Gasteiger partial charge is 0.430 e. The van der Waals surface area contributed by atoms with Crippen LogP contribution in [0.5, 0.6) is 11.5 Å². The van der Waals surface area contributed by atoms with E-state index < -0.39 is 86.4 Å². The Kier molecular flexibility index (Phi) is 27.1. The van der Waals surface area contributed by atoms with Gasteiger partial charge in [-0.25, -0.2) is 0 Å². The number of carbonyl (C=O) groups excluding carboxylic acids is 1. The van der Waals surface area contributed by atoms with Gasteiger partial charge in [0.15, 0.2) is 8.32 Å². The SMILES string of the molecule is CCC(CC)(c1ccc(/C=C/C(O)(C(F)(F)F)C(F)(F)F)c(C)c1)c1ccc(OC[C@@H](O)CC(=O)O)c(C)c1.CCOC(=O)C[C@@H](COc1ccc(C(CC)(CC)c2ccc(/C=C/C(OCOC)(C(F)(F)F)C(F)(F)F)c(C)c2)cc1C)O[Si](C)(C)C(C)(C)C. The van der Waals surface area contributed by atoms with Gasteiger partial charge >= 0.3 is 36.6 Å². The number of aliphatic hydroxyl groups excluding tert-OH is 1. The van der Waals surface area contributed by atoms with Crippen molar-refractivity contribution in [3.63, 3.8) is 0 Å². The molecule has 90 heavy (non-hydrogen) atoms. The zero-order valence-corrected chi connectivity index (χ0v) is 54.6. The van der Waals surface area contributed by atoms with Crippen LogP contribution in [0.4, 0.5) is 52.7 Å². The molecule has 0 aromatic heterocycles. The van der Waals surface area contributed by atoms with Gasteiger partial charge in [-0.2, -0.15) is 52.7 Å². The first kappa shape index (κ1) is 78.3. The summed E-state index contributed by atoms with van der Waals surface area (Å²) in [5.41, 5.74) is -4.29. The predicted octanol–water partition coefficient (Wildman–Crippen LogP) is 17.1. The number of hydrogen-bond donors (Lipinski definition) is 3. The Morgan fingerprint density at radius 3 is 1.29 bits per heavy atom. The van der Waals surface area contributed by atoms with Crippen molar-refractivity contribution in [2.24, 2.45) is 0 Å². The Labute approximate surface area is 520 Å². The molecule has 0 aliphatic carbocycles. The maximum atomic E-state index is 13.8. The van der Waals surface area contributed by atoms with Gasteiger partial charge < -0.3 is 43.4 Å². The average molecular weight is 1310 g/mol. The highest BCUT2D eigenvalue weighted by Gasteiger charge is 2.71. The van der Waals surface area contributed by atoms with E-state index in [1.165, 1.54) is 12.1 Å². The summed E-state index contributed by atoms with van der Waals surface area (Å²) >= 11 is 0. The van der Waals surface area contributed by atoms with E-state index in [9.17, 15) is 72.5 Å². The molecule has 2 atom stereocenters. The van der Waals surface area contributed by atoms with E-state index in [4.69, 9.17) is 23.7 Å². The minimum Gasteiger partial charge on any atom is -0.491 e. The standard InChI is InChI=1S/C38H54F6O6Si.C28H32F6O5/c1-12-35(13-2,29-16-15-28(26(4)21-29)19-20-36(37(39,40)41,38(42,43)44)49-25-46-9)30-17-18-32(27(5)22-30)48-24-31(23-33(45)47-14-3)50-51(10,11)34(6,7)8;1-5-25(6-2,21-9-10-23(18(4)14-21)39-16-22(35)15-24(36)37)20-8-7-19(17(3)13-20)11-12-26(38,27(29,30)31)28(32,33)34/h15-22,31H,12-14,23-25H2,1-11H3;7-14,22,35,38H,5-6,15-16H2,1-4H3,(H,36,37)/b20-19+;12-11+/t31-;22-/m00/s1. The van der Waals surface area contributed by atoms with E-state index in [0.29, 0.717) is 54.4 Å². The van der Waals surface area contributed by atoms with Crippen molar-refractivity contribution in [1.82, 2.24) is 0 Å². The van der Waals surface area contributed by atoms with Crippen molar-refractivity contribution in [3.8, 4) is 11.5 Å². The van der Waals surface area contributed by atoms with Gasteiger partial charge in [-0.1, -0.05) is 121 Å².